The Labute approximate surface area is 122 Å². The van der Waals surface area contributed by atoms with Crippen molar-refractivity contribution in [3.8, 4) is 5.75 Å². The number of aliphatic hydroxyl groups is 1. The number of anilines is 1. The average molecular weight is 291 g/mol. The molecule has 2 N–H and O–H groups in total. The maximum Gasteiger partial charge on any atom is 0.228 e. The quantitative estimate of drug-likeness (QED) is 0.860. The van der Waals surface area contributed by atoms with Gasteiger partial charge in [0.2, 0.25) is 5.91 Å². The van der Waals surface area contributed by atoms with Crippen molar-refractivity contribution in [2.75, 3.05) is 11.9 Å². The molecule has 0 bridgehead atoms. The van der Waals surface area contributed by atoms with Crippen LogP contribution in [0.5, 0.6) is 5.75 Å². The van der Waals surface area contributed by atoms with E-state index in [1.54, 1.807) is 29.5 Å². The van der Waals surface area contributed by atoms with Crippen molar-refractivity contribution in [2.45, 2.75) is 20.0 Å². The number of hydrogen-bond acceptors (Lipinski definition) is 4. The fraction of sp³-hybridized carbons (Fsp3) is 0.267. The molecule has 0 aliphatic heterocycles. The van der Waals surface area contributed by atoms with E-state index in [1.165, 1.54) is 0 Å². The summed E-state index contributed by atoms with van der Waals surface area (Å²) in [6.45, 7) is 2.30. The summed E-state index contributed by atoms with van der Waals surface area (Å²) in [7, 11) is 0. The molecule has 0 radical (unpaired) electrons. The lowest BCUT2D eigenvalue weighted by molar-refractivity contribution is -0.115. The van der Waals surface area contributed by atoms with E-state index in [-0.39, 0.29) is 12.5 Å². The second-order valence-corrected chi connectivity index (χ2v) is 5.05. The van der Waals surface area contributed by atoms with Gasteiger partial charge in [0.05, 0.1) is 19.6 Å². The van der Waals surface area contributed by atoms with Gasteiger partial charge in [-0.25, -0.2) is 0 Å². The van der Waals surface area contributed by atoms with Crippen molar-refractivity contribution < 1.29 is 14.6 Å². The van der Waals surface area contributed by atoms with Gasteiger partial charge in [0, 0.05) is 11.3 Å². The van der Waals surface area contributed by atoms with Crippen LogP contribution in [0.2, 0.25) is 0 Å². The number of carbonyl (C=O) groups excluding carboxylic acids is 1. The maximum atomic E-state index is 11.9. The number of aliphatic hydroxyl groups excluding tert-OH is 1. The molecule has 0 aliphatic rings. The van der Waals surface area contributed by atoms with Gasteiger partial charge in [-0.05, 0) is 47.5 Å². The summed E-state index contributed by atoms with van der Waals surface area (Å²) in [5.74, 6) is 0.572. The molecule has 5 heteroatoms. The van der Waals surface area contributed by atoms with E-state index in [0.717, 1.165) is 5.56 Å². The first-order valence-electron chi connectivity index (χ1n) is 6.40. The van der Waals surface area contributed by atoms with E-state index in [4.69, 9.17) is 4.74 Å². The van der Waals surface area contributed by atoms with Crippen molar-refractivity contribution in [2.24, 2.45) is 0 Å². The highest BCUT2D eigenvalue weighted by atomic mass is 32.1. The maximum absolute atomic E-state index is 11.9. The highest BCUT2D eigenvalue weighted by Gasteiger charge is 2.08. The largest absolute Gasteiger partial charge is 0.494 e. The van der Waals surface area contributed by atoms with Gasteiger partial charge in [-0.1, -0.05) is 0 Å². The second-order valence-electron chi connectivity index (χ2n) is 4.27. The van der Waals surface area contributed by atoms with Crippen molar-refractivity contribution in [3.63, 3.8) is 0 Å². The lowest BCUT2D eigenvalue weighted by Gasteiger charge is -2.11. The highest BCUT2D eigenvalue weighted by Crippen LogP contribution is 2.23. The minimum absolute atomic E-state index is 0.0727. The van der Waals surface area contributed by atoms with Crippen molar-refractivity contribution >= 4 is 22.9 Å². The number of ether oxygens (including phenoxy) is 1. The molecule has 4 nitrogen and oxygen atoms in total. The molecule has 0 saturated carbocycles. The first-order chi connectivity index (χ1) is 9.72. The molecule has 0 spiro atoms. The monoisotopic (exact) mass is 291 g/mol. The smallest absolute Gasteiger partial charge is 0.228 e. The van der Waals surface area contributed by atoms with Crippen LogP contribution in [-0.2, 0) is 17.8 Å². The Kier molecular flexibility index (Phi) is 5.15. The van der Waals surface area contributed by atoms with Gasteiger partial charge in [0.15, 0.2) is 0 Å². The summed E-state index contributed by atoms with van der Waals surface area (Å²) in [5.41, 5.74) is 2.33. The van der Waals surface area contributed by atoms with Crippen LogP contribution in [0.1, 0.15) is 18.1 Å². The normalized spacial score (nSPS) is 10.3. The van der Waals surface area contributed by atoms with Crippen molar-refractivity contribution in [3.05, 3.63) is 46.2 Å². The summed E-state index contributed by atoms with van der Waals surface area (Å²) in [5, 5.41) is 16.0. The van der Waals surface area contributed by atoms with Crippen LogP contribution in [0.25, 0.3) is 0 Å². The van der Waals surface area contributed by atoms with E-state index in [0.29, 0.717) is 30.0 Å². The number of benzene rings is 1. The molecular weight excluding hydrogens is 274 g/mol. The lowest BCUT2D eigenvalue weighted by Crippen LogP contribution is -2.14. The molecular formula is C15H17NO3S. The van der Waals surface area contributed by atoms with E-state index in [2.05, 4.69) is 5.32 Å². The molecule has 2 rings (SSSR count). The van der Waals surface area contributed by atoms with Gasteiger partial charge in [0.25, 0.3) is 0 Å². The number of amides is 1. The zero-order valence-electron chi connectivity index (χ0n) is 11.3. The van der Waals surface area contributed by atoms with Crippen LogP contribution in [0, 0.1) is 0 Å². The molecule has 0 atom stereocenters. The minimum Gasteiger partial charge on any atom is -0.494 e. The molecule has 106 valence electrons. The molecule has 20 heavy (non-hydrogen) atoms. The summed E-state index contributed by atoms with van der Waals surface area (Å²) in [6.07, 6.45) is 0.352. The van der Waals surface area contributed by atoms with E-state index in [9.17, 15) is 9.90 Å². The van der Waals surface area contributed by atoms with Crippen LogP contribution >= 0.6 is 11.3 Å². The fourth-order valence-electron chi connectivity index (χ4n) is 1.86. The van der Waals surface area contributed by atoms with Crippen molar-refractivity contribution in [1.82, 2.24) is 0 Å². The lowest BCUT2D eigenvalue weighted by atomic mass is 10.1. The third kappa shape index (κ3) is 3.82. The van der Waals surface area contributed by atoms with E-state index < -0.39 is 0 Å². The summed E-state index contributed by atoms with van der Waals surface area (Å²) < 4.78 is 5.40. The van der Waals surface area contributed by atoms with E-state index >= 15 is 0 Å². The molecule has 0 saturated heterocycles. The van der Waals surface area contributed by atoms with Crippen LogP contribution in [0.3, 0.4) is 0 Å². The molecule has 0 aliphatic carbocycles. The Morgan fingerprint density at radius 2 is 2.25 bits per heavy atom. The Morgan fingerprint density at radius 3 is 2.90 bits per heavy atom. The first kappa shape index (κ1) is 14.6. The van der Waals surface area contributed by atoms with Crippen molar-refractivity contribution in [1.29, 1.82) is 0 Å². The summed E-state index contributed by atoms with van der Waals surface area (Å²) in [6, 6.07) is 7.20. The van der Waals surface area contributed by atoms with Gasteiger partial charge in [-0.2, -0.15) is 11.3 Å². The third-order valence-corrected chi connectivity index (χ3v) is 3.49. The molecule has 2 aromatic rings. The highest BCUT2D eigenvalue weighted by molar-refractivity contribution is 7.08. The zero-order chi connectivity index (χ0) is 14.4. The second kappa shape index (κ2) is 7.07. The van der Waals surface area contributed by atoms with Gasteiger partial charge in [-0.3, -0.25) is 4.79 Å². The summed E-state index contributed by atoms with van der Waals surface area (Å²) >= 11 is 1.57. The molecule has 1 amide bonds. The van der Waals surface area contributed by atoms with Crippen LogP contribution in [0.15, 0.2) is 35.0 Å². The molecule has 1 heterocycles. The number of hydrogen-bond donors (Lipinski definition) is 2. The third-order valence-electron chi connectivity index (χ3n) is 2.76. The number of thiophene rings is 1. The fourth-order valence-corrected chi connectivity index (χ4v) is 2.53. The Bertz CT molecular complexity index is 567. The van der Waals surface area contributed by atoms with Gasteiger partial charge < -0.3 is 15.2 Å². The molecule has 0 fully saturated rings. The van der Waals surface area contributed by atoms with E-state index in [1.807, 2.05) is 23.8 Å². The van der Waals surface area contributed by atoms with Crippen LogP contribution in [0.4, 0.5) is 5.69 Å². The standard InChI is InChI=1S/C15H17NO3S/c1-2-19-14-4-3-13(8-12(14)9-17)16-15(18)7-11-5-6-20-10-11/h3-6,8,10,17H,2,7,9H2,1H3,(H,16,18). The topological polar surface area (TPSA) is 58.6 Å². The van der Waals surface area contributed by atoms with Crippen LogP contribution < -0.4 is 10.1 Å². The first-order valence-corrected chi connectivity index (χ1v) is 7.34. The van der Waals surface area contributed by atoms with Crippen LogP contribution in [-0.4, -0.2) is 17.6 Å². The molecule has 0 unspecified atom stereocenters. The Balaban J connectivity index is 2.03. The van der Waals surface area contributed by atoms with Gasteiger partial charge in [0.1, 0.15) is 5.75 Å². The summed E-state index contributed by atoms with van der Waals surface area (Å²) in [4.78, 5) is 11.9. The average Bonchev–Trinajstić information content (AvgIpc) is 2.93. The predicted molar refractivity (Wildman–Crippen MR) is 80.2 cm³/mol. The SMILES string of the molecule is CCOc1ccc(NC(=O)Cc2ccsc2)cc1CO. The van der Waals surface area contributed by atoms with Gasteiger partial charge >= 0.3 is 0 Å². The minimum atomic E-state index is -0.121. The Morgan fingerprint density at radius 1 is 1.40 bits per heavy atom. The number of rotatable bonds is 6. The predicted octanol–water partition coefficient (Wildman–Crippen LogP) is 2.82. The Hall–Kier alpha value is -1.85. The molecule has 1 aromatic heterocycles. The molecule has 1 aromatic carbocycles. The van der Waals surface area contributed by atoms with Gasteiger partial charge in [-0.15, -0.1) is 0 Å². The zero-order valence-corrected chi connectivity index (χ0v) is 12.1. The number of nitrogens with one attached hydrogen (secondary N) is 1. The number of carbonyl (C=O) groups is 1.